The molecule has 0 atom stereocenters. The molecule has 0 bridgehead atoms. The van der Waals surface area contributed by atoms with Crippen LogP contribution in [0.1, 0.15) is 11.3 Å². The summed E-state index contributed by atoms with van der Waals surface area (Å²) < 4.78 is 5.31. The minimum absolute atomic E-state index is 0.0557. The molecule has 5 heteroatoms. The van der Waals surface area contributed by atoms with E-state index in [1.807, 2.05) is 37.3 Å². The number of nitrogens with zero attached hydrogens (tertiary/aromatic N) is 2. The summed E-state index contributed by atoms with van der Waals surface area (Å²) in [5.41, 5.74) is 2.50. The average Bonchev–Trinajstić information content (AvgIpc) is 2.83. The Labute approximate surface area is 114 Å². The van der Waals surface area contributed by atoms with Gasteiger partial charge in [-0.2, -0.15) is 0 Å². The van der Waals surface area contributed by atoms with Gasteiger partial charge in [0.25, 0.3) is 5.22 Å². The van der Waals surface area contributed by atoms with Gasteiger partial charge in [-0.3, -0.25) is 0 Å². The van der Waals surface area contributed by atoms with Crippen LogP contribution in [-0.2, 0) is 6.61 Å². The highest BCUT2D eigenvalue weighted by molar-refractivity contribution is 7.99. The van der Waals surface area contributed by atoms with Gasteiger partial charge in [-0.05, 0) is 30.8 Å². The molecule has 2 heterocycles. The van der Waals surface area contributed by atoms with Gasteiger partial charge in [0, 0.05) is 10.9 Å². The second-order valence-corrected chi connectivity index (χ2v) is 5.10. The fourth-order valence-electron chi connectivity index (χ4n) is 1.81. The maximum absolute atomic E-state index is 9.46. The molecule has 0 aliphatic rings. The van der Waals surface area contributed by atoms with Gasteiger partial charge in [-0.25, -0.2) is 9.97 Å². The normalized spacial score (nSPS) is 11.1. The van der Waals surface area contributed by atoms with E-state index in [2.05, 4.69) is 9.97 Å². The average molecular weight is 272 g/mol. The van der Waals surface area contributed by atoms with Crippen molar-refractivity contribution in [3.05, 3.63) is 47.9 Å². The Morgan fingerprint density at radius 1 is 1.26 bits per heavy atom. The summed E-state index contributed by atoms with van der Waals surface area (Å²) in [6.45, 7) is 1.81. The Hall–Kier alpha value is -1.85. The van der Waals surface area contributed by atoms with Gasteiger partial charge in [0.1, 0.15) is 11.3 Å². The lowest BCUT2D eigenvalue weighted by Crippen LogP contribution is -1.93. The van der Waals surface area contributed by atoms with E-state index in [1.54, 1.807) is 6.26 Å². The standard InChI is InChI=1S/C14H12N2O2S/c1-9-8-18-14(15-9)19-13-11(7-17)6-10-4-2-3-5-12(10)16-13/h2-6,8,17H,7H2,1H3. The van der Waals surface area contributed by atoms with Crippen LogP contribution in [0.15, 0.2) is 51.3 Å². The number of hydrogen-bond acceptors (Lipinski definition) is 5. The maximum atomic E-state index is 9.46. The van der Waals surface area contributed by atoms with Crippen molar-refractivity contribution < 1.29 is 9.52 Å². The molecule has 0 unspecified atom stereocenters. The molecule has 1 aromatic carbocycles. The number of para-hydroxylation sites is 1. The SMILES string of the molecule is Cc1coc(Sc2nc3ccccc3cc2CO)n1. The van der Waals surface area contributed by atoms with E-state index in [4.69, 9.17) is 4.42 Å². The quantitative estimate of drug-likeness (QED) is 0.793. The highest BCUT2D eigenvalue weighted by atomic mass is 32.2. The number of pyridine rings is 1. The third kappa shape index (κ3) is 2.47. The molecule has 3 aromatic rings. The summed E-state index contributed by atoms with van der Waals surface area (Å²) in [5, 5.41) is 11.7. The Kier molecular flexibility index (Phi) is 3.23. The van der Waals surface area contributed by atoms with Crippen molar-refractivity contribution in [2.75, 3.05) is 0 Å². The maximum Gasteiger partial charge on any atom is 0.262 e. The number of aliphatic hydroxyl groups is 1. The van der Waals surface area contributed by atoms with Crippen molar-refractivity contribution in [3.8, 4) is 0 Å². The highest BCUT2D eigenvalue weighted by Gasteiger charge is 2.11. The Morgan fingerprint density at radius 3 is 2.84 bits per heavy atom. The summed E-state index contributed by atoms with van der Waals surface area (Å²) in [6, 6.07) is 9.76. The van der Waals surface area contributed by atoms with Crippen LogP contribution in [0.3, 0.4) is 0 Å². The van der Waals surface area contributed by atoms with Crippen LogP contribution in [0.4, 0.5) is 0 Å². The molecular weight excluding hydrogens is 260 g/mol. The van der Waals surface area contributed by atoms with Crippen LogP contribution in [0.2, 0.25) is 0 Å². The number of aliphatic hydroxyl groups excluding tert-OH is 1. The Balaban J connectivity index is 2.05. The lowest BCUT2D eigenvalue weighted by Gasteiger charge is -2.06. The zero-order valence-corrected chi connectivity index (χ0v) is 11.1. The molecule has 19 heavy (non-hydrogen) atoms. The second kappa shape index (κ2) is 5.03. The number of fused-ring (bicyclic) bond motifs is 1. The third-order valence-corrected chi connectivity index (χ3v) is 3.62. The van der Waals surface area contributed by atoms with Crippen molar-refractivity contribution in [2.24, 2.45) is 0 Å². The first-order valence-electron chi connectivity index (χ1n) is 5.86. The summed E-state index contributed by atoms with van der Waals surface area (Å²) in [7, 11) is 0. The first kappa shape index (κ1) is 12.2. The zero-order valence-electron chi connectivity index (χ0n) is 10.3. The number of rotatable bonds is 3. The van der Waals surface area contributed by atoms with Crippen molar-refractivity contribution in [3.63, 3.8) is 0 Å². The molecule has 0 aliphatic heterocycles. The highest BCUT2D eigenvalue weighted by Crippen LogP contribution is 2.30. The van der Waals surface area contributed by atoms with E-state index >= 15 is 0 Å². The predicted octanol–water partition coefficient (Wildman–Crippen LogP) is 3.17. The lowest BCUT2D eigenvalue weighted by atomic mass is 10.2. The first-order valence-corrected chi connectivity index (χ1v) is 6.67. The van der Waals surface area contributed by atoms with Gasteiger partial charge in [-0.1, -0.05) is 18.2 Å². The van der Waals surface area contributed by atoms with E-state index < -0.39 is 0 Å². The van der Waals surface area contributed by atoms with Gasteiger partial charge in [0.05, 0.1) is 17.8 Å². The van der Waals surface area contributed by atoms with Crippen LogP contribution < -0.4 is 0 Å². The minimum Gasteiger partial charge on any atom is -0.439 e. The first-order chi connectivity index (χ1) is 9.26. The van der Waals surface area contributed by atoms with Gasteiger partial charge in [-0.15, -0.1) is 0 Å². The Morgan fingerprint density at radius 2 is 2.11 bits per heavy atom. The molecule has 0 saturated carbocycles. The number of aromatic nitrogens is 2. The van der Waals surface area contributed by atoms with Crippen LogP contribution in [-0.4, -0.2) is 15.1 Å². The number of oxazole rings is 1. The number of benzene rings is 1. The molecule has 96 valence electrons. The van der Waals surface area contributed by atoms with Gasteiger partial charge >= 0.3 is 0 Å². The third-order valence-electron chi connectivity index (χ3n) is 2.72. The lowest BCUT2D eigenvalue weighted by molar-refractivity contribution is 0.278. The molecule has 0 radical (unpaired) electrons. The molecule has 0 fully saturated rings. The molecule has 2 aromatic heterocycles. The zero-order chi connectivity index (χ0) is 13.2. The second-order valence-electron chi connectivity index (χ2n) is 4.16. The van der Waals surface area contributed by atoms with Crippen LogP contribution in [0.5, 0.6) is 0 Å². The monoisotopic (exact) mass is 272 g/mol. The summed E-state index contributed by atoms with van der Waals surface area (Å²) in [5.74, 6) is 0. The van der Waals surface area contributed by atoms with E-state index in [0.717, 1.165) is 27.2 Å². The van der Waals surface area contributed by atoms with Gasteiger partial charge < -0.3 is 9.52 Å². The smallest absolute Gasteiger partial charge is 0.262 e. The Bertz CT molecular complexity index is 724. The molecule has 4 nitrogen and oxygen atoms in total. The van der Waals surface area contributed by atoms with E-state index in [-0.39, 0.29) is 6.61 Å². The molecule has 3 rings (SSSR count). The summed E-state index contributed by atoms with van der Waals surface area (Å²) in [6.07, 6.45) is 1.60. The molecular formula is C14H12N2O2S. The minimum atomic E-state index is -0.0557. The molecule has 0 aliphatic carbocycles. The summed E-state index contributed by atoms with van der Waals surface area (Å²) in [4.78, 5) is 8.79. The molecule has 1 N–H and O–H groups in total. The largest absolute Gasteiger partial charge is 0.439 e. The van der Waals surface area contributed by atoms with Crippen molar-refractivity contribution in [1.29, 1.82) is 0 Å². The predicted molar refractivity (Wildman–Crippen MR) is 73.0 cm³/mol. The molecule has 0 saturated heterocycles. The van der Waals surface area contributed by atoms with Gasteiger partial charge in [0.15, 0.2) is 0 Å². The van der Waals surface area contributed by atoms with Crippen molar-refractivity contribution >= 4 is 22.7 Å². The molecule has 0 amide bonds. The van der Waals surface area contributed by atoms with Crippen molar-refractivity contribution in [2.45, 2.75) is 23.8 Å². The fraction of sp³-hybridized carbons (Fsp3) is 0.143. The topological polar surface area (TPSA) is 59.2 Å². The van der Waals surface area contributed by atoms with Crippen LogP contribution in [0.25, 0.3) is 10.9 Å². The molecule has 0 spiro atoms. The van der Waals surface area contributed by atoms with E-state index in [9.17, 15) is 5.11 Å². The van der Waals surface area contributed by atoms with Crippen molar-refractivity contribution in [1.82, 2.24) is 9.97 Å². The van der Waals surface area contributed by atoms with E-state index in [1.165, 1.54) is 11.8 Å². The number of aryl methyl sites for hydroxylation is 1. The van der Waals surface area contributed by atoms with E-state index in [0.29, 0.717) is 5.22 Å². The fourth-order valence-corrected chi connectivity index (χ4v) is 2.66. The van der Waals surface area contributed by atoms with Gasteiger partial charge in [0.2, 0.25) is 0 Å². The summed E-state index contributed by atoms with van der Waals surface area (Å²) >= 11 is 1.33. The number of hydrogen-bond donors (Lipinski definition) is 1. The van der Waals surface area contributed by atoms with Crippen LogP contribution >= 0.6 is 11.8 Å². The van der Waals surface area contributed by atoms with Crippen LogP contribution in [0, 0.1) is 6.92 Å².